The molecule has 0 saturated heterocycles. The lowest BCUT2D eigenvalue weighted by atomic mass is 10.1. The van der Waals surface area contributed by atoms with Crippen LogP contribution in [-0.4, -0.2) is 59.5 Å². The first-order chi connectivity index (χ1) is 14.1. The molecule has 1 N–H and O–H groups in total. The van der Waals surface area contributed by atoms with Crippen molar-refractivity contribution in [3.05, 3.63) is 47.5 Å². The van der Waals surface area contributed by atoms with Crippen LogP contribution in [0.4, 0.5) is 5.69 Å². The van der Waals surface area contributed by atoms with E-state index in [1.54, 1.807) is 12.1 Å². The fraction of sp³-hybridized carbons (Fsp3) is 0.300. The second-order valence-corrected chi connectivity index (χ2v) is 8.41. The van der Waals surface area contributed by atoms with E-state index >= 15 is 0 Å². The number of ether oxygens (including phenoxy) is 3. The molecule has 10 heteroatoms. The van der Waals surface area contributed by atoms with Crippen LogP contribution in [0.25, 0.3) is 0 Å². The lowest BCUT2D eigenvalue weighted by Gasteiger charge is -2.18. The van der Waals surface area contributed by atoms with Crippen molar-refractivity contribution < 1.29 is 32.2 Å². The van der Waals surface area contributed by atoms with Gasteiger partial charge in [-0.1, -0.05) is 17.7 Å². The standard InChI is InChI=1S/C20H24N2O7S/c1-13-6-8-14(9-7-13)30(25,26)22(2)12-19(23)21-16-11-18(28-4)17(27-3)10-15(16)20(24)29-5/h6-11H,12H2,1-5H3,(H,21,23). The molecular weight excluding hydrogens is 412 g/mol. The number of anilines is 1. The van der Waals surface area contributed by atoms with Crippen molar-refractivity contribution in [2.45, 2.75) is 11.8 Å². The van der Waals surface area contributed by atoms with E-state index in [0.717, 1.165) is 9.87 Å². The molecular formula is C20H24N2O7S. The highest BCUT2D eigenvalue weighted by molar-refractivity contribution is 7.89. The highest BCUT2D eigenvalue weighted by Crippen LogP contribution is 2.33. The van der Waals surface area contributed by atoms with Crippen LogP contribution in [0.15, 0.2) is 41.3 Å². The van der Waals surface area contributed by atoms with Gasteiger partial charge < -0.3 is 19.5 Å². The molecule has 2 aromatic carbocycles. The molecule has 0 radical (unpaired) electrons. The van der Waals surface area contributed by atoms with Gasteiger partial charge in [0.15, 0.2) is 11.5 Å². The molecule has 0 aliphatic carbocycles. The maximum atomic E-state index is 12.7. The maximum Gasteiger partial charge on any atom is 0.340 e. The number of nitrogens with zero attached hydrogens (tertiary/aromatic N) is 1. The van der Waals surface area contributed by atoms with Crippen molar-refractivity contribution in [2.75, 3.05) is 40.2 Å². The van der Waals surface area contributed by atoms with Gasteiger partial charge in [0.1, 0.15) is 0 Å². The van der Waals surface area contributed by atoms with E-state index in [2.05, 4.69) is 5.32 Å². The van der Waals surface area contributed by atoms with Gasteiger partial charge in [-0.15, -0.1) is 0 Å². The van der Waals surface area contributed by atoms with Crippen LogP contribution in [0.3, 0.4) is 0 Å². The second kappa shape index (κ2) is 9.59. The number of sulfonamides is 1. The number of hydrogen-bond acceptors (Lipinski definition) is 7. The lowest BCUT2D eigenvalue weighted by Crippen LogP contribution is -2.35. The monoisotopic (exact) mass is 436 g/mol. The molecule has 2 aromatic rings. The molecule has 0 aromatic heterocycles. The molecule has 0 fully saturated rings. The normalized spacial score (nSPS) is 11.1. The summed E-state index contributed by atoms with van der Waals surface area (Å²) in [6.07, 6.45) is 0. The Kier molecular flexibility index (Phi) is 7.41. The van der Waals surface area contributed by atoms with E-state index in [0.29, 0.717) is 0 Å². The summed E-state index contributed by atoms with van der Waals surface area (Å²) in [6, 6.07) is 9.07. The molecule has 0 bridgehead atoms. The van der Waals surface area contributed by atoms with Crippen molar-refractivity contribution in [3.8, 4) is 11.5 Å². The van der Waals surface area contributed by atoms with Crippen molar-refractivity contribution in [3.63, 3.8) is 0 Å². The molecule has 30 heavy (non-hydrogen) atoms. The van der Waals surface area contributed by atoms with Gasteiger partial charge in [-0.2, -0.15) is 4.31 Å². The van der Waals surface area contributed by atoms with Crippen LogP contribution in [-0.2, 0) is 19.6 Å². The van der Waals surface area contributed by atoms with Crippen LogP contribution in [0.1, 0.15) is 15.9 Å². The Hall–Kier alpha value is -3.11. The van der Waals surface area contributed by atoms with Crippen molar-refractivity contribution in [1.29, 1.82) is 0 Å². The number of carbonyl (C=O) groups is 2. The fourth-order valence-corrected chi connectivity index (χ4v) is 3.76. The van der Waals surface area contributed by atoms with Crippen molar-refractivity contribution in [1.82, 2.24) is 4.31 Å². The average Bonchev–Trinajstić information content (AvgIpc) is 2.72. The van der Waals surface area contributed by atoms with Gasteiger partial charge in [-0.25, -0.2) is 13.2 Å². The molecule has 0 aliphatic heterocycles. The molecule has 1 amide bonds. The summed E-state index contributed by atoms with van der Waals surface area (Å²) in [5, 5.41) is 2.53. The Morgan fingerprint density at radius 2 is 1.57 bits per heavy atom. The molecule has 0 unspecified atom stereocenters. The summed E-state index contributed by atoms with van der Waals surface area (Å²) in [7, 11) is 1.45. The number of carbonyl (C=O) groups excluding carboxylic acids is 2. The van der Waals surface area contributed by atoms with E-state index in [4.69, 9.17) is 14.2 Å². The summed E-state index contributed by atoms with van der Waals surface area (Å²) in [6.45, 7) is 1.38. The number of aryl methyl sites for hydroxylation is 1. The van der Waals surface area contributed by atoms with Crippen LogP contribution in [0.5, 0.6) is 11.5 Å². The summed E-state index contributed by atoms with van der Waals surface area (Å²) in [5.41, 5.74) is 1.05. The van der Waals surface area contributed by atoms with Gasteiger partial charge in [0.05, 0.1) is 44.0 Å². The summed E-state index contributed by atoms with van der Waals surface area (Å²) >= 11 is 0. The number of methoxy groups -OCH3 is 3. The van der Waals surface area contributed by atoms with Gasteiger partial charge in [0.25, 0.3) is 0 Å². The van der Waals surface area contributed by atoms with Crippen LogP contribution in [0.2, 0.25) is 0 Å². The quantitative estimate of drug-likeness (QED) is 0.631. The number of likely N-dealkylation sites (N-methyl/N-ethyl adjacent to an activating group) is 1. The topological polar surface area (TPSA) is 111 Å². The van der Waals surface area contributed by atoms with Crippen LogP contribution >= 0.6 is 0 Å². The lowest BCUT2D eigenvalue weighted by molar-refractivity contribution is -0.116. The zero-order valence-electron chi connectivity index (χ0n) is 17.4. The van der Waals surface area contributed by atoms with Gasteiger partial charge in [0.2, 0.25) is 15.9 Å². The predicted octanol–water partition coefficient (Wildman–Crippen LogP) is 2.06. The van der Waals surface area contributed by atoms with E-state index in [9.17, 15) is 18.0 Å². The molecule has 0 aliphatic rings. The zero-order valence-corrected chi connectivity index (χ0v) is 18.2. The third-order valence-corrected chi connectivity index (χ3v) is 6.12. The van der Waals surface area contributed by atoms with E-state index in [-0.39, 0.29) is 27.6 Å². The Labute approximate surface area is 175 Å². The molecule has 9 nitrogen and oxygen atoms in total. The number of amides is 1. The van der Waals surface area contributed by atoms with Crippen molar-refractivity contribution >= 4 is 27.6 Å². The Morgan fingerprint density at radius 3 is 2.10 bits per heavy atom. The Morgan fingerprint density at radius 1 is 1.00 bits per heavy atom. The highest BCUT2D eigenvalue weighted by Gasteiger charge is 2.24. The Balaban J connectivity index is 2.26. The largest absolute Gasteiger partial charge is 0.493 e. The summed E-state index contributed by atoms with van der Waals surface area (Å²) < 4.78 is 41.4. The summed E-state index contributed by atoms with van der Waals surface area (Å²) in [5.74, 6) is -0.798. The van der Waals surface area contributed by atoms with Gasteiger partial charge >= 0.3 is 5.97 Å². The van der Waals surface area contributed by atoms with Crippen LogP contribution in [0, 0.1) is 6.92 Å². The van der Waals surface area contributed by atoms with Gasteiger partial charge in [0, 0.05) is 19.2 Å². The molecule has 2 rings (SSSR count). The van der Waals surface area contributed by atoms with Gasteiger partial charge in [-0.3, -0.25) is 4.79 Å². The smallest absolute Gasteiger partial charge is 0.340 e. The average molecular weight is 436 g/mol. The second-order valence-electron chi connectivity index (χ2n) is 6.37. The Bertz CT molecular complexity index is 1030. The van der Waals surface area contributed by atoms with E-state index in [1.807, 2.05) is 6.92 Å². The minimum Gasteiger partial charge on any atom is -0.493 e. The number of hydrogen-bond donors (Lipinski definition) is 1. The number of rotatable bonds is 8. The highest BCUT2D eigenvalue weighted by atomic mass is 32.2. The predicted molar refractivity (Wildman–Crippen MR) is 111 cm³/mol. The first-order valence-electron chi connectivity index (χ1n) is 8.81. The fourth-order valence-electron chi connectivity index (χ4n) is 2.63. The third kappa shape index (κ3) is 5.08. The zero-order chi connectivity index (χ0) is 22.5. The molecule has 0 spiro atoms. The number of benzene rings is 2. The van der Waals surface area contributed by atoms with Crippen molar-refractivity contribution in [2.24, 2.45) is 0 Å². The minimum atomic E-state index is -3.86. The van der Waals surface area contributed by atoms with Crippen LogP contribution < -0.4 is 14.8 Å². The maximum absolute atomic E-state index is 12.7. The third-order valence-electron chi connectivity index (χ3n) is 4.30. The molecule has 0 heterocycles. The van der Waals surface area contributed by atoms with E-state index in [1.165, 1.54) is 52.6 Å². The molecule has 0 atom stereocenters. The number of esters is 1. The first-order valence-corrected chi connectivity index (χ1v) is 10.2. The molecule has 162 valence electrons. The van der Waals surface area contributed by atoms with Gasteiger partial charge in [-0.05, 0) is 19.1 Å². The molecule has 0 saturated carbocycles. The van der Waals surface area contributed by atoms with E-state index < -0.39 is 28.4 Å². The first kappa shape index (κ1) is 23.2. The SMILES string of the molecule is COC(=O)c1cc(OC)c(OC)cc1NC(=O)CN(C)S(=O)(=O)c1ccc(C)cc1. The minimum absolute atomic E-state index is 0.0348. The summed E-state index contributed by atoms with van der Waals surface area (Å²) in [4.78, 5) is 24.7. The number of nitrogens with one attached hydrogen (secondary N) is 1.